The molecule has 1 aliphatic rings. The molecule has 106 valence electrons. The van der Waals surface area contributed by atoms with Crippen LogP contribution in [0.5, 0.6) is 0 Å². The molecule has 19 heavy (non-hydrogen) atoms. The average Bonchev–Trinajstić information content (AvgIpc) is 2.84. The first-order valence-corrected chi connectivity index (χ1v) is 7.37. The molecule has 2 atom stereocenters. The van der Waals surface area contributed by atoms with Crippen molar-refractivity contribution >= 4 is 15.9 Å². The Morgan fingerprint density at radius 3 is 2.84 bits per heavy atom. The van der Waals surface area contributed by atoms with Crippen LogP contribution in [0.3, 0.4) is 0 Å². The molecule has 1 heterocycles. The summed E-state index contributed by atoms with van der Waals surface area (Å²) in [5, 5.41) is 0. The molecular formula is C14H21BrFN3. The van der Waals surface area contributed by atoms with Gasteiger partial charge < -0.3 is 10.6 Å². The van der Waals surface area contributed by atoms with E-state index in [0.29, 0.717) is 18.2 Å². The molecular weight excluding hydrogens is 309 g/mol. The second kappa shape index (κ2) is 6.31. The van der Waals surface area contributed by atoms with Gasteiger partial charge >= 0.3 is 0 Å². The number of likely N-dealkylation sites (tertiary alicyclic amines) is 1. The maximum absolute atomic E-state index is 14.0. The fraction of sp³-hybridized carbons (Fsp3) is 0.571. The summed E-state index contributed by atoms with van der Waals surface area (Å²) in [6.45, 7) is 2.35. The van der Waals surface area contributed by atoms with Crippen molar-refractivity contribution in [1.29, 1.82) is 0 Å². The number of nitrogens with two attached hydrogens (primary N) is 1. The van der Waals surface area contributed by atoms with Crippen molar-refractivity contribution in [3.63, 3.8) is 0 Å². The Kier molecular flexibility index (Phi) is 4.95. The summed E-state index contributed by atoms with van der Waals surface area (Å²) in [7, 11) is 4.18. The normalized spacial score (nSPS) is 22.1. The minimum Gasteiger partial charge on any atom is -0.329 e. The first-order valence-electron chi connectivity index (χ1n) is 6.58. The molecule has 1 fully saturated rings. The summed E-state index contributed by atoms with van der Waals surface area (Å²) in [6, 6.07) is 5.56. The van der Waals surface area contributed by atoms with E-state index < -0.39 is 0 Å². The highest BCUT2D eigenvalue weighted by Gasteiger charge is 2.30. The SMILES string of the molecule is CN(C)C1CCN(C(CN)c2cc(Br)ccc2F)C1. The lowest BCUT2D eigenvalue weighted by Gasteiger charge is -2.28. The number of likely N-dealkylation sites (N-methyl/N-ethyl adjacent to an activating group) is 1. The van der Waals surface area contributed by atoms with E-state index in [1.54, 1.807) is 6.07 Å². The Bertz CT molecular complexity index is 439. The van der Waals surface area contributed by atoms with Crippen LogP contribution in [0.1, 0.15) is 18.0 Å². The highest BCUT2D eigenvalue weighted by atomic mass is 79.9. The van der Waals surface area contributed by atoms with Crippen LogP contribution in [-0.2, 0) is 0 Å². The Morgan fingerprint density at radius 1 is 1.53 bits per heavy atom. The van der Waals surface area contributed by atoms with Crippen molar-refractivity contribution in [2.75, 3.05) is 33.7 Å². The van der Waals surface area contributed by atoms with E-state index in [1.165, 1.54) is 6.07 Å². The summed E-state index contributed by atoms with van der Waals surface area (Å²) in [5.41, 5.74) is 6.58. The predicted octanol–water partition coefficient (Wildman–Crippen LogP) is 2.22. The zero-order chi connectivity index (χ0) is 14.0. The van der Waals surface area contributed by atoms with Crippen LogP contribution < -0.4 is 5.73 Å². The Hall–Kier alpha value is -0.490. The van der Waals surface area contributed by atoms with Crippen LogP contribution in [0, 0.1) is 5.82 Å². The number of hydrogen-bond donors (Lipinski definition) is 1. The van der Waals surface area contributed by atoms with Gasteiger partial charge in [0.05, 0.1) is 0 Å². The molecule has 2 rings (SSSR count). The summed E-state index contributed by atoms with van der Waals surface area (Å²) in [4.78, 5) is 4.51. The fourth-order valence-corrected chi connectivity index (χ4v) is 3.09. The second-order valence-electron chi connectivity index (χ2n) is 5.32. The first kappa shape index (κ1) is 14.9. The number of hydrogen-bond acceptors (Lipinski definition) is 3. The van der Waals surface area contributed by atoms with Gasteiger partial charge in [-0.3, -0.25) is 4.90 Å². The largest absolute Gasteiger partial charge is 0.329 e. The zero-order valence-electron chi connectivity index (χ0n) is 11.4. The maximum Gasteiger partial charge on any atom is 0.128 e. The third-order valence-electron chi connectivity index (χ3n) is 3.91. The zero-order valence-corrected chi connectivity index (χ0v) is 13.0. The molecule has 0 saturated carbocycles. The van der Waals surface area contributed by atoms with Crippen LogP contribution in [0.15, 0.2) is 22.7 Å². The molecule has 3 nitrogen and oxygen atoms in total. The van der Waals surface area contributed by atoms with Crippen LogP contribution >= 0.6 is 15.9 Å². The smallest absolute Gasteiger partial charge is 0.128 e. The van der Waals surface area contributed by atoms with Crippen LogP contribution in [0.25, 0.3) is 0 Å². The molecule has 1 aromatic rings. The van der Waals surface area contributed by atoms with E-state index in [-0.39, 0.29) is 11.9 Å². The van der Waals surface area contributed by atoms with Gasteiger partial charge in [0.25, 0.3) is 0 Å². The highest BCUT2D eigenvalue weighted by molar-refractivity contribution is 9.10. The van der Waals surface area contributed by atoms with Gasteiger partial charge in [0, 0.05) is 41.8 Å². The number of benzene rings is 1. The van der Waals surface area contributed by atoms with E-state index in [2.05, 4.69) is 39.8 Å². The van der Waals surface area contributed by atoms with E-state index in [0.717, 1.165) is 24.0 Å². The number of nitrogens with zero attached hydrogens (tertiary/aromatic N) is 2. The maximum atomic E-state index is 14.0. The Labute approximate surface area is 122 Å². The van der Waals surface area contributed by atoms with Gasteiger partial charge in [-0.15, -0.1) is 0 Å². The van der Waals surface area contributed by atoms with Crippen molar-refractivity contribution < 1.29 is 4.39 Å². The summed E-state index contributed by atoms with van der Waals surface area (Å²) in [5.74, 6) is -0.174. The molecule has 5 heteroatoms. The summed E-state index contributed by atoms with van der Waals surface area (Å²) >= 11 is 3.40. The molecule has 0 radical (unpaired) electrons. The van der Waals surface area contributed by atoms with Gasteiger partial charge in [0.2, 0.25) is 0 Å². The molecule has 2 N–H and O–H groups in total. The minimum atomic E-state index is -0.174. The van der Waals surface area contributed by atoms with E-state index in [9.17, 15) is 4.39 Å². The van der Waals surface area contributed by atoms with Crippen molar-refractivity contribution in [3.8, 4) is 0 Å². The number of rotatable bonds is 4. The Balaban J connectivity index is 2.19. The van der Waals surface area contributed by atoms with Crippen LogP contribution in [-0.4, -0.2) is 49.6 Å². The van der Waals surface area contributed by atoms with E-state index in [1.807, 2.05) is 6.07 Å². The molecule has 0 aromatic heterocycles. The quantitative estimate of drug-likeness (QED) is 0.919. The lowest BCUT2D eigenvalue weighted by Crippen LogP contribution is -2.36. The van der Waals surface area contributed by atoms with E-state index >= 15 is 0 Å². The third kappa shape index (κ3) is 3.34. The topological polar surface area (TPSA) is 32.5 Å². The van der Waals surface area contributed by atoms with Crippen LogP contribution in [0.4, 0.5) is 4.39 Å². The van der Waals surface area contributed by atoms with Gasteiger partial charge in [-0.05, 0) is 38.7 Å². The number of halogens is 2. The molecule has 1 saturated heterocycles. The molecule has 1 aromatic carbocycles. The molecule has 0 aliphatic carbocycles. The summed E-state index contributed by atoms with van der Waals surface area (Å²) in [6.07, 6.45) is 1.11. The monoisotopic (exact) mass is 329 g/mol. The van der Waals surface area contributed by atoms with Gasteiger partial charge in [0.15, 0.2) is 0 Å². The third-order valence-corrected chi connectivity index (χ3v) is 4.40. The van der Waals surface area contributed by atoms with Gasteiger partial charge in [0.1, 0.15) is 5.82 Å². The summed E-state index contributed by atoms with van der Waals surface area (Å²) < 4.78 is 14.9. The fourth-order valence-electron chi connectivity index (χ4n) is 2.72. The average molecular weight is 330 g/mol. The Morgan fingerprint density at radius 2 is 2.26 bits per heavy atom. The standard InChI is InChI=1S/C14H21BrFN3/c1-18(2)11-5-6-19(9-11)14(8-17)12-7-10(15)3-4-13(12)16/h3-4,7,11,14H,5-6,8-9,17H2,1-2H3. The second-order valence-corrected chi connectivity index (χ2v) is 6.23. The lowest BCUT2D eigenvalue weighted by atomic mass is 10.1. The highest BCUT2D eigenvalue weighted by Crippen LogP contribution is 2.29. The van der Waals surface area contributed by atoms with Crippen molar-refractivity contribution in [1.82, 2.24) is 9.80 Å². The predicted molar refractivity (Wildman–Crippen MR) is 79.6 cm³/mol. The van der Waals surface area contributed by atoms with Crippen molar-refractivity contribution in [2.45, 2.75) is 18.5 Å². The van der Waals surface area contributed by atoms with Gasteiger partial charge in [-0.2, -0.15) is 0 Å². The molecule has 0 spiro atoms. The van der Waals surface area contributed by atoms with Crippen LogP contribution in [0.2, 0.25) is 0 Å². The molecule has 2 unspecified atom stereocenters. The minimum absolute atomic E-state index is 0.0394. The first-order chi connectivity index (χ1) is 9.02. The van der Waals surface area contributed by atoms with E-state index in [4.69, 9.17) is 5.73 Å². The lowest BCUT2D eigenvalue weighted by molar-refractivity contribution is 0.217. The van der Waals surface area contributed by atoms with Crippen molar-refractivity contribution in [2.24, 2.45) is 5.73 Å². The molecule has 0 amide bonds. The molecule has 1 aliphatic heterocycles. The van der Waals surface area contributed by atoms with Gasteiger partial charge in [-0.25, -0.2) is 4.39 Å². The van der Waals surface area contributed by atoms with Crippen molar-refractivity contribution in [3.05, 3.63) is 34.1 Å². The molecule has 0 bridgehead atoms. The van der Waals surface area contributed by atoms with Gasteiger partial charge in [-0.1, -0.05) is 15.9 Å².